The number of benzene rings is 1. The lowest BCUT2D eigenvalue weighted by molar-refractivity contribution is -0.158. The predicted octanol–water partition coefficient (Wildman–Crippen LogP) is 2.50. The number of ether oxygens (including phenoxy) is 2. The van der Waals surface area contributed by atoms with Gasteiger partial charge in [-0.25, -0.2) is 8.78 Å². The molecule has 1 aromatic carbocycles. The van der Waals surface area contributed by atoms with Crippen LogP contribution in [0.15, 0.2) is 18.2 Å². The van der Waals surface area contributed by atoms with Gasteiger partial charge in [-0.3, -0.25) is 9.59 Å². The van der Waals surface area contributed by atoms with Gasteiger partial charge in [-0.15, -0.1) is 0 Å². The molecule has 0 bridgehead atoms. The van der Waals surface area contributed by atoms with Crippen LogP contribution in [0.4, 0.5) is 8.78 Å². The Labute approximate surface area is 115 Å². The molecule has 0 fully saturated rings. The van der Waals surface area contributed by atoms with Crippen LogP contribution in [0.1, 0.15) is 20.8 Å². The normalized spacial score (nSPS) is 11.1. The molecule has 0 N–H and O–H groups in total. The Morgan fingerprint density at radius 1 is 1.20 bits per heavy atom. The molecule has 0 aromatic heterocycles. The van der Waals surface area contributed by atoms with Crippen molar-refractivity contribution in [2.45, 2.75) is 20.8 Å². The van der Waals surface area contributed by atoms with E-state index in [-0.39, 0.29) is 12.4 Å². The van der Waals surface area contributed by atoms with Crippen molar-refractivity contribution in [3.8, 4) is 5.75 Å². The van der Waals surface area contributed by atoms with Gasteiger partial charge in [-0.2, -0.15) is 0 Å². The van der Waals surface area contributed by atoms with Crippen LogP contribution >= 0.6 is 0 Å². The van der Waals surface area contributed by atoms with E-state index in [0.717, 1.165) is 12.1 Å². The van der Waals surface area contributed by atoms with E-state index >= 15 is 0 Å². The number of Topliss-reactive ketones (excluding diaryl/α,β-unsaturated/α-hetero) is 1. The molecule has 1 aromatic rings. The Morgan fingerprint density at radius 2 is 1.85 bits per heavy atom. The minimum Gasteiger partial charge on any atom is -0.486 e. The summed E-state index contributed by atoms with van der Waals surface area (Å²) in [7, 11) is 0. The fourth-order valence-corrected chi connectivity index (χ4v) is 1.32. The van der Waals surface area contributed by atoms with Crippen molar-refractivity contribution >= 4 is 11.8 Å². The van der Waals surface area contributed by atoms with E-state index in [1.54, 1.807) is 6.92 Å². The van der Waals surface area contributed by atoms with Gasteiger partial charge in [0.25, 0.3) is 0 Å². The lowest BCUT2D eigenvalue weighted by atomic mass is 9.88. The Hall–Kier alpha value is -1.98. The summed E-state index contributed by atoms with van der Waals surface area (Å²) in [5.41, 5.74) is -1.35. The fraction of sp³-hybridized carbons (Fsp3) is 0.429. The predicted molar refractivity (Wildman–Crippen MR) is 67.3 cm³/mol. The highest BCUT2D eigenvalue weighted by Gasteiger charge is 2.37. The first-order valence-electron chi connectivity index (χ1n) is 6.07. The van der Waals surface area contributed by atoms with Crippen molar-refractivity contribution < 1.29 is 27.8 Å². The quantitative estimate of drug-likeness (QED) is 0.595. The van der Waals surface area contributed by atoms with Crippen LogP contribution in [0.3, 0.4) is 0 Å². The summed E-state index contributed by atoms with van der Waals surface area (Å²) >= 11 is 0. The zero-order valence-corrected chi connectivity index (χ0v) is 11.5. The highest BCUT2D eigenvalue weighted by molar-refractivity contribution is 6.03. The van der Waals surface area contributed by atoms with Crippen LogP contribution in [0.25, 0.3) is 0 Å². The number of halogens is 2. The lowest BCUT2D eigenvalue weighted by Gasteiger charge is -2.20. The largest absolute Gasteiger partial charge is 0.486 e. The molecule has 0 heterocycles. The molecule has 6 heteroatoms. The summed E-state index contributed by atoms with van der Waals surface area (Å²) in [6, 6.07) is 2.93. The third kappa shape index (κ3) is 3.76. The Bertz CT molecular complexity index is 512. The van der Waals surface area contributed by atoms with Crippen molar-refractivity contribution in [3.05, 3.63) is 29.8 Å². The number of rotatable bonds is 6. The summed E-state index contributed by atoms with van der Waals surface area (Å²) < 4.78 is 35.5. The monoisotopic (exact) mass is 286 g/mol. The molecule has 0 aliphatic heterocycles. The molecule has 20 heavy (non-hydrogen) atoms. The van der Waals surface area contributed by atoms with Crippen LogP contribution in [0, 0.1) is 17.0 Å². The van der Waals surface area contributed by atoms with Crippen molar-refractivity contribution in [2.24, 2.45) is 5.41 Å². The molecule has 0 saturated carbocycles. The van der Waals surface area contributed by atoms with Crippen LogP contribution in [-0.2, 0) is 14.3 Å². The first kappa shape index (κ1) is 16.1. The maximum Gasteiger partial charge on any atom is 0.319 e. The molecule has 0 aliphatic rings. The number of ketones is 1. The van der Waals surface area contributed by atoms with E-state index in [2.05, 4.69) is 0 Å². The van der Waals surface area contributed by atoms with Crippen LogP contribution < -0.4 is 4.74 Å². The summed E-state index contributed by atoms with van der Waals surface area (Å²) in [5.74, 6) is -3.23. The molecule has 4 nitrogen and oxygen atoms in total. The van der Waals surface area contributed by atoms with Crippen LogP contribution in [0.5, 0.6) is 5.75 Å². The average Bonchev–Trinajstić information content (AvgIpc) is 2.39. The van der Waals surface area contributed by atoms with Gasteiger partial charge in [-0.05, 0) is 32.9 Å². The highest BCUT2D eigenvalue weighted by Crippen LogP contribution is 2.21. The van der Waals surface area contributed by atoms with Gasteiger partial charge in [0.2, 0.25) is 0 Å². The summed E-state index contributed by atoms with van der Waals surface area (Å²) in [6.07, 6.45) is 0. The molecule has 0 radical (unpaired) electrons. The molecular weight excluding hydrogens is 270 g/mol. The number of hydrogen-bond acceptors (Lipinski definition) is 4. The van der Waals surface area contributed by atoms with Gasteiger partial charge in [0.1, 0.15) is 17.8 Å². The second-order valence-corrected chi connectivity index (χ2v) is 4.63. The summed E-state index contributed by atoms with van der Waals surface area (Å²) in [4.78, 5) is 23.5. The van der Waals surface area contributed by atoms with Crippen molar-refractivity contribution in [3.63, 3.8) is 0 Å². The van der Waals surface area contributed by atoms with Crippen LogP contribution in [0.2, 0.25) is 0 Å². The molecular formula is C14H16F2O4. The third-order valence-corrected chi connectivity index (χ3v) is 2.74. The average molecular weight is 286 g/mol. The smallest absolute Gasteiger partial charge is 0.319 e. The van der Waals surface area contributed by atoms with Crippen molar-refractivity contribution in [1.82, 2.24) is 0 Å². The highest BCUT2D eigenvalue weighted by atomic mass is 19.2. The van der Waals surface area contributed by atoms with E-state index in [4.69, 9.17) is 9.47 Å². The van der Waals surface area contributed by atoms with Gasteiger partial charge in [0, 0.05) is 6.07 Å². The maximum atomic E-state index is 13.0. The zero-order valence-electron chi connectivity index (χ0n) is 11.5. The second-order valence-electron chi connectivity index (χ2n) is 4.63. The molecule has 0 spiro atoms. The maximum absolute atomic E-state index is 13.0. The molecule has 110 valence electrons. The van der Waals surface area contributed by atoms with Gasteiger partial charge >= 0.3 is 5.97 Å². The van der Waals surface area contributed by atoms with Gasteiger partial charge in [0.15, 0.2) is 17.4 Å². The van der Waals surface area contributed by atoms with Gasteiger partial charge in [0.05, 0.1) is 6.61 Å². The molecule has 0 amide bonds. The van der Waals surface area contributed by atoms with Crippen molar-refractivity contribution in [1.29, 1.82) is 0 Å². The zero-order chi connectivity index (χ0) is 15.3. The number of esters is 1. The Balaban J connectivity index is 2.66. The molecule has 0 aliphatic carbocycles. The molecule has 0 unspecified atom stereocenters. The minimum atomic E-state index is -1.35. The lowest BCUT2D eigenvalue weighted by Crippen LogP contribution is -2.38. The van der Waals surface area contributed by atoms with E-state index in [9.17, 15) is 18.4 Å². The standard InChI is InChI=1S/C14H16F2O4/c1-4-19-13(18)14(2,3)12(17)8-20-9-5-6-10(15)11(16)7-9/h5-7H,4,8H2,1-3H3. The van der Waals surface area contributed by atoms with E-state index in [1.807, 2.05) is 0 Å². The minimum absolute atomic E-state index is 0.0110. The number of carbonyl (C=O) groups excluding carboxylic acids is 2. The van der Waals surface area contributed by atoms with Crippen LogP contribution in [-0.4, -0.2) is 25.0 Å². The first-order chi connectivity index (χ1) is 9.28. The Morgan fingerprint density at radius 3 is 2.40 bits per heavy atom. The van der Waals surface area contributed by atoms with E-state index in [1.165, 1.54) is 19.9 Å². The summed E-state index contributed by atoms with van der Waals surface area (Å²) in [5, 5.41) is 0. The first-order valence-corrected chi connectivity index (χ1v) is 6.07. The number of hydrogen-bond donors (Lipinski definition) is 0. The third-order valence-electron chi connectivity index (χ3n) is 2.74. The van der Waals surface area contributed by atoms with Crippen molar-refractivity contribution in [2.75, 3.05) is 13.2 Å². The topological polar surface area (TPSA) is 52.6 Å². The van der Waals surface area contributed by atoms with Gasteiger partial charge < -0.3 is 9.47 Å². The molecule has 0 saturated heterocycles. The van der Waals surface area contributed by atoms with E-state index < -0.39 is 35.4 Å². The number of carbonyl (C=O) groups is 2. The van der Waals surface area contributed by atoms with Gasteiger partial charge in [-0.1, -0.05) is 0 Å². The summed E-state index contributed by atoms with van der Waals surface area (Å²) in [6.45, 7) is 4.20. The second kappa shape index (κ2) is 6.45. The SMILES string of the molecule is CCOC(=O)C(C)(C)C(=O)COc1ccc(F)c(F)c1. The molecule has 1 rings (SSSR count). The Kier molecular flexibility index (Phi) is 5.19. The molecule has 0 atom stereocenters. The van der Waals surface area contributed by atoms with E-state index in [0.29, 0.717) is 0 Å². The fourth-order valence-electron chi connectivity index (χ4n) is 1.32.